The molecule has 7 heteroatoms. The van der Waals surface area contributed by atoms with Crippen LogP contribution >= 0.6 is 8.25 Å². The first-order valence-corrected chi connectivity index (χ1v) is 5.79. The average molecular weight is 266 g/mol. The Hall–Kier alpha value is -1.10. The minimum atomic E-state index is -4.00. The molecule has 3 nitrogen and oxygen atoms in total. The molecule has 1 atom stereocenters. The van der Waals surface area contributed by atoms with Gasteiger partial charge in [-0.2, -0.15) is 8.78 Å². The SMILES string of the molecule is C=CCO[PH](=O)OC(F)(F)c1ccccc1F. The van der Waals surface area contributed by atoms with Gasteiger partial charge in [-0.05, 0) is 12.1 Å². The molecule has 0 saturated carbocycles. The average Bonchev–Trinajstić information content (AvgIpc) is 2.26. The number of alkyl halides is 2. The van der Waals surface area contributed by atoms with Gasteiger partial charge in [0.05, 0.1) is 12.2 Å². The third-order valence-corrected chi connectivity index (χ3v) is 2.54. The molecule has 17 heavy (non-hydrogen) atoms. The summed E-state index contributed by atoms with van der Waals surface area (Å²) in [6.07, 6.45) is -2.77. The molecule has 0 spiro atoms. The molecule has 0 amide bonds. The monoisotopic (exact) mass is 266 g/mol. The van der Waals surface area contributed by atoms with E-state index >= 15 is 0 Å². The van der Waals surface area contributed by atoms with Crippen molar-refractivity contribution in [2.75, 3.05) is 6.61 Å². The van der Waals surface area contributed by atoms with Gasteiger partial charge in [-0.25, -0.2) is 8.91 Å². The van der Waals surface area contributed by atoms with Crippen molar-refractivity contribution < 1.29 is 26.8 Å². The summed E-state index contributed by atoms with van der Waals surface area (Å²) < 4.78 is 59.1. The third-order valence-electron chi connectivity index (χ3n) is 1.72. The highest BCUT2D eigenvalue weighted by Crippen LogP contribution is 2.40. The lowest BCUT2D eigenvalue weighted by Crippen LogP contribution is -2.16. The molecule has 0 bridgehead atoms. The van der Waals surface area contributed by atoms with Gasteiger partial charge >= 0.3 is 14.4 Å². The summed E-state index contributed by atoms with van der Waals surface area (Å²) in [4.78, 5) is 0. The van der Waals surface area contributed by atoms with Gasteiger partial charge in [0.25, 0.3) is 0 Å². The molecule has 0 heterocycles. The van der Waals surface area contributed by atoms with E-state index < -0.39 is 25.7 Å². The summed E-state index contributed by atoms with van der Waals surface area (Å²) >= 11 is 0. The Bertz CT molecular complexity index is 423. The molecule has 0 N–H and O–H groups in total. The second-order valence-electron chi connectivity index (χ2n) is 2.95. The fourth-order valence-corrected chi connectivity index (χ4v) is 1.65. The van der Waals surface area contributed by atoms with Crippen LogP contribution in [0.1, 0.15) is 5.56 Å². The summed E-state index contributed by atoms with van der Waals surface area (Å²) in [5.41, 5.74) is -0.986. The molecular weight excluding hydrogens is 256 g/mol. The number of benzene rings is 1. The molecule has 0 aliphatic heterocycles. The van der Waals surface area contributed by atoms with Crippen molar-refractivity contribution in [3.63, 3.8) is 0 Å². The topological polar surface area (TPSA) is 35.5 Å². The van der Waals surface area contributed by atoms with Crippen molar-refractivity contribution in [3.05, 3.63) is 48.3 Å². The maximum absolute atomic E-state index is 13.4. The van der Waals surface area contributed by atoms with E-state index in [0.717, 1.165) is 12.1 Å². The zero-order valence-electron chi connectivity index (χ0n) is 8.66. The summed E-state index contributed by atoms with van der Waals surface area (Å²) in [6, 6.07) is 4.18. The van der Waals surface area contributed by atoms with Crippen LogP contribution < -0.4 is 0 Å². The molecule has 0 saturated heterocycles. The van der Waals surface area contributed by atoms with Gasteiger partial charge in [0.1, 0.15) is 5.82 Å². The van der Waals surface area contributed by atoms with Crippen molar-refractivity contribution in [2.45, 2.75) is 6.11 Å². The van der Waals surface area contributed by atoms with Crippen LogP contribution in [0.2, 0.25) is 0 Å². The van der Waals surface area contributed by atoms with E-state index in [2.05, 4.69) is 15.6 Å². The Morgan fingerprint density at radius 1 is 1.41 bits per heavy atom. The number of rotatable bonds is 6. The van der Waals surface area contributed by atoms with E-state index in [0.29, 0.717) is 0 Å². The number of hydrogen-bond donors (Lipinski definition) is 0. The smallest absolute Gasteiger partial charge is 0.306 e. The standard InChI is InChI=1S/C10H10F3O3P/c1-2-7-15-17(14)16-10(12,13)8-5-3-4-6-9(8)11/h2-6,17H,1,7H2. The highest BCUT2D eigenvalue weighted by atomic mass is 31.1. The molecule has 1 unspecified atom stereocenters. The first-order valence-electron chi connectivity index (χ1n) is 4.57. The Labute approximate surface area is 96.8 Å². The van der Waals surface area contributed by atoms with Crippen molar-refractivity contribution >= 4 is 8.25 Å². The summed E-state index contributed by atoms with van der Waals surface area (Å²) in [5.74, 6) is -1.14. The first kappa shape index (κ1) is 14.0. The summed E-state index contributed by atoms with van der Waals surface area (Å²) in [7, 11) is -3.41. The molecular formula is C10H10F3O3P. The molecule has 0 aliphatic carbocycles. The maximum Gasteiger partial charge on any atom is 0.392 e. The minimum Gasteiger partial charge on any atom is -0.306 e. The zero-order valence-corrected chi connectivity index (χ0v) is 9.66. The summed E-state index contributed by atoms with van der Waals surface area (Å²) in [5, 5.41) is 0. The van der Waals surface area contributed by atoms with Crippen molar-refractivity contribution in [3.8, 4) is 0 Å². The quantitative estimate of drug-likeness (QED) is 0.584. The van der Waals surface area contributed by atoms with Gasteiger partial charge in [0, 0.05) is 0 Å². The van der Waals surface area contributed by atoms with Crippen LogP contribution in [0.25, 0.3) is 0 Å². The predicted molar refractivity (Wildman–Crippen MR) is 56.5 cm³/mol. The largest absolute Gasteiger partial charge is 0.392 e. The lowest BCUT2D eigenvalue weighted by Gasteiger charge is -2.16. The van der Waals surface area contributed by atoms with E-state index in [9.17, 15) is 17.7 Å². The lowest BCUT2D eigenvalue weighted by molar-refractivity contribution is -0.189. The molecule has 0 fully saturated rings. The van der Waals surface area contributed by atoms with Crippen LogP contribution in [0, 0.1) is 5.82 Å². The maximum atomic E-state index is 13.4. The van der Waals surface area contributed by atoms with Gasteiger partial charge in [-0.1, -0.05) is 18.2 Å². The van der Waals surface area contributed by atoms with E-state index in [1.54, 1.807) is 0 Å². The molecule has 0 aromatic heterocycles. The van der Waals surface area contributed by atoms with Crippen LogP contribution in [0.3, 0.4) is 0 Å². The fraction of sp³-hybridized carbons (Fsp3) is 0.200. The number of halogens is 3. The van der Waals surface area contributed by atoms with Gasteiger partial charge in [-0.15, -0.1) is 6.58 Å². The zero-order chi connectivity index (χ0) is 12.9. The normalized spacial score (nSPS) is 13.4. The van der Waals surface area contributed by atoms with Crippen molar-refractivity contribution in [1.82, 2.24) is 0 Å². The van der Waals surface area contributed by atoms with Crippen molar-refractivity contribution in [2.24, 2.45) is 0 Å². The molecule has 0 radical (unpaired) electrons. The molecule has 94 valence electrons. The van der Waals surface area contributed by atoms with E-state index in [-0.39, 0.29) is 6.61 Å². The molecule has 1 rings (SSSR count). The first-order chi connectivity index (χ1) is 7.97. The van der Waals surface area contributed by atoms with E-state index in [4.69, 9.17) is 0 Å². The van der Waals surface area contributed by atoms with Gasteiger partial charge < -0.3 is 4.52 Å². The fourth-order valence-electron chi connectivity index (χ4n) is 1.01. The van der Waals surface area contributed by atoms with E-state index in [1.165, 1.54) is 18.2 Å². The van der Waals surface area contributed by atoms with Crippen LogP contribution in [0.5, 0.6) is 0 Å². The second kappa shape index (κ2) is 6.00. The Kier molecular flexibility index (Phi) is 4.93. The molecule has 0 aliphatic rings. The highest BCUT2D eigenvalue weighted by molar-refractivity contribution is 7.33. The van der Waals surface area contributed by atoms with Crippen molar-refractivity contribution in [1.29, 1.82) is 0 Å². The third kappa shape index (κ3) is 4.00. The Balaban J connectivity index is 2.78. The summed E-state index contributed by atoms with van der Waals surface area (Å²) in [6.45, 7) is 3.06. The Morgan fingerprint density at radius 2 is 2.06 bits per heavy atom. The lowest BCUT2D eigenvalue weighted by atomic mass is 10.2. The van der Waals surface area contributed by atoms with Crippen LogP contribution in [-0.4, -0.2) is 6.61 Å². The predicted octanol–water partition coefficient (Wildman–Crippen LogP) is 3.48. The minimum absolute atomic E-state index is 0.189. The molecule has 1 aromatic carbocycles. The number of hydrogen-bond acceptors (Lipinski definition) is 3. The van der Waals surface area contributed by atoms with Crippen LogP contribution in [-0.2, 0) is 19.7 Å². The van der Waals surface area contributed by atoms with E-state index in [1.807, 2.05) is 0 Å². The second-order valence-corrected chi connectivity index (χ2v) is 3.94. The highest BCUT2D eigenvalue weighted by Gasteiger charge is 2.38. The van der Waals surface area contributed by atoms with Crippen LogP contribution in [0.15, 0.2) is 36.9 Å². The van der Waals surface area contributed by atoms with Crippen LogP contribution in [0.4, 0.5) is 13.2 Å². The molecule has 1 aromatic rings. The van der Waals surface area contributed by atoms with Gasteiger partial charge in [0.15, 0.2) is 0 Å². The Morgan fingerprint density at radius 3 is 2.65 bits per heavy atom. The van der Waals surface area contributed by atoms with Gasteiger partial charge in [-0.3, -0.25) is 4.57 Å². The van der Waals surface area contributed by atoms with Gasteiger partial charge in [0.2, 0.25) is 0 Å².